The van der Waals surface area contributed by atoms with Gasteiger partial charge in [-0.2, -0.15) is 0 Å². The van der Waals surface area contributed by atoms with Gasteiger partial charge in [0.2, 0.25) is 0 Å². The van der Waals surface area contributed by atoms with E-state index >= 15 is 0 Å². The van der Waals surface area contributed by atoms with Crippen LogP contribution in [0.2, 0.25) is 0 Å². The van der Waals surface area contributed by atoms with Crippen molar-refractivity contribution in [1.82, 2.24) is 4.57 Å². The topological polar surface area (TPSA) is 8.17 Å². The highest BCUT2D eigenvalue weighted by atomic mass is 15.1. The Bertz CT molecular complexity index is 3230. The third-order valence-electron chi connectivity index (χ3n) is 11.3. The SMILES string of the molecule is c1ccc(-c2ccc(N(c3ccc(-c4ccc5ccccc5c4)cc3)c3ccc4cc(-n5c6ccccc6c6ccc7ccccc7c65)ccc4c3)cc2)cc1. The molecule has 0 atom stereocenters. The van der Waals surface area contributed by atoms with Crippen molar-refractivity contribution in [3.05, 3.63) is 218 Å². The molecule has 0 aliphatic carbocycles. The molecule has 0 amide bonds. The van der Waals surface area contributed by atoms with Crippen molar-refractivity contribution in [3.63, 3.8) is 0 Å². The Labute approximate surface area is 325 Å². The molecule has 0 unspecified atom stereocenters. The van der Waals surface area contributed by atoms with Crippen LogP contribution in [0.3, 0.4) is 0 Å². The van der Waals surface area contributed by atoms with Crippen molar-refractivity contribution in [2.75, 3.05) is 4.90 Å². The average Bonchev–Trinajstić information content (AvgIpc) is 3.62. The maximum Gasteiger partial charge on any atom is 0.0619 e. The lowest BCUT2D eigenvalue weighted by atomic mass is 10.0. The van der Waals surface area contributed by atoms with Gasteiger partial charge in [-0.25, -0.2) is 0 Å². The fourth-order valence-electron chi connectivity index (χ4n) is 8.55. The number of benzene rings is 10. The number of rotatable bonds is 6. The molecule has 2 heteroatoms. The number of aromatic nitrogens is 1. The first kappa shape index (κ1) is 32.0. The Morgan fingerprint density at radius 3 is 1.59 bits per heavy atom. The van der Waals surface area contributed by atoms with Crippen LogP contribution in [0.1, 0.15) is 0 Å². The second-order valence-corrected chi connectivity index (χ2v) is 14.6. The van der Waals surface area contributed by atoms with Crippen LogP contribution in [0.25, 0.3) is 82.1 Å². The Morgan fingerprint density at radius 1 is 0.286 bits per heavy atom. The number of fused-ring (bicyclic) bond motifs is 7. The molecule has 0 saturated carbocycles. The minimum absolute atomic E-state index is 1.11. The van der Waals surface area contributed by atoms with E-state index in [0.29, 0.717) is 0 Å². The molecule has 2 nitrogen and oxygen atoms in total. The monoisotopic (exact) mass is 712 g/mol. The highest BCUT2D eigenvalue weighted by molar-refractivity contribution is 6.18. The molecule has 0 aliphatic heterocycles. The van der Waals surface area contributed by atoms with Gasteiger partial charge < -0.3 is 9.47 Å². The lowest BCUT2D eigenvalue weighted by Crippen LogP contribution is -2.09. The van der Waals surface area contributed by atoms with Gasteiger partial charge in [-0.05, 0) is 110 Å². The van der Waals surface area contributed by atoms with E-state index in [1.165, 1.54) is 76.4 Å². The van der Waals surface area contributed by atoms with Crippen LogP contribution in [0.15, 0.2) is 218 Å². The molecule has 0 N–H and O–H groups in total. The van der Waals surface area contributed by atoms with E-state index in [-0.39, 0.29) is 0 Å². The summed E-state index contributed by atoms with van der Waals surface area (Å²) in [6.07, 6.45) is 0. The highest BCUT2D eigenvalue weighted by Crippen LogP contribution is 2.40. The van der Waals surface area contributed by atoms with Gasteiger partial charge in [0, 0.05) is 38.9 Å². The number of anilines is 3. The van der Waals surface area contributed by atoms with Gasteiger partial charge in [-0.3, -0.25) is 0 Å². The summed E-state index contributed by atoms with van der Waals surface area (Å²) in [5.74, 6) is 0. The normalized spacial score (nSPS) is 11.6. The molecule has 11 rings (SSSR count). The first-order chi connectivity index (χ1) is 27.7. The van der Waals surface area contributed by atoms with Crippen LogP contribution >= 0.6 is 0 Å². The maximum atomic E-state index is 2.44. The lowest BCUT2D eigenvalue weighted by molar-refractivity contribution is 1.19. The van der Waals surface area contributed by atoms with E-state index < -0.39 is 0 Å². The smallest absolute Gasteiger partial charge is 0.0619 e. The molecular formula is C54H36N2. The number of hydrogen-bond acceptors (Lipinski definition) is 1. The molecule has 0 aliphatic rings. The molecule has 1 aromatic heterocycles. The van der Waals surface area contributed by atoms with Crippen molar-refractivity contribution < 1.29 is 0 Å². The Balaban J connectivity index is 1.02. The summed E-state index contributed by atoms with van der Waals surface area (Å²) in [6.45, 7) is 0. The van der Waals surface area contributed by atoms with Crippen LogP contribution in [0.4, 0.5) is 17.1 Å². The second kappa shape index (κ2) is 13.2. The molecule has 262 valence electrons. The van der Waals surface area contributed by atoms with Gasteiger partial charge in [0.15, 0.2) is 0 Å². The van der Waals surface area contributed by atoms with Crippen LogP contribution < -0.4 is 4.90 Å². The molecule has 0 fully saturated rings. The van der Waals surface area contributed by atoms with Crippen molar-refractivity contribution in [2.24, 2.45) is 0 Å². The molecule has 0 bridgehead atoms. The number of hydrogen-bond donors (Lipinski definition) is 0. The number of nitrogens with zero attached hydrogens (tertiary/aromatic N) is 2. The van der Waals surface area contributed by atoms with Gasteiger partial charge >= 0.3 is 0 Å². The van der Waals surface area contributed by atoms with Gasteiger partial charge in [0.1, 0.15) is 0 Å². The molecule has 56 heavy (non-hydrogen) atoms. The van der Waals surface area contributed by atoms with Gasteiger partial charge in [-0.1, -0.05) is 158 Å². The zero-order valence-corrected chi connectivity index (χ0v) is 30.7. The van der Waals surface area contributed by atoms with E-state index in [1.54, 1.807) is 0 Å². The zero-order valence-electron chi connectivity index (χ0n) is 30.7. The van der Waals surface area contributed by atoms with E-state index in [0.717, 1.165) is 22.7 Å². The fraction of sp³-hybridized carbons (Fsp3) is 0. The summed E-state index contributed by atoms with van der Waals surface area (Å²) >= 11 is 0. The predicted molar refractivity (Wildman–Crippen MR) is 239 cm³/mol. The highest BCUT2D eigenvalue weighted by Gasteiger charge is 2.17. The molecule has 10 aromatic carbocycles. The molecular weight excluding hydrogens is 677 g/mol. The van der Waals surface area contributed by atoms with Crippen LogP contribution in [0, 0.1) is 0 Å². The Kier molecular flexibility index (Phi) is 7.53. The van der Waals surface area contributed by atoms with Crippen LogP contribution in [0.5, 0.6) is 0 Å². The van der Waals surface area contributed by atoms with E-state index in [4.69, 9.17) is 0 Å². The number of para-hydroxylation sites is 1. The van der Waals surface area contributed by atoms with Gasteiger partial charge in [-0.15, -0.1) is 0 Å². The summed E-state index contributed by atoms with van der Waals surface area (Å²) in [5, 5.41) is 9.94. The zero-order chi connectivity index (χ0) is 37.0. The standard InChI is InChI=1S/C54H36N2/c1-2-10-37(11-3-1)39-20-27-46(28-21-39)55(47-29-22-40(23-30-47)43-19-18-38-12-4-5-14-42(38)34-43)48-31-24-45-36-49(32-25-44(45)35-48)56-53-17-9-8-16-51(53)52-33-26-41-13-6-7-15-50(41)54(52)56/h1-36H. The fourth-order valence-corrected chi connectivity index (χ4v) is 8.55. The van der Waals surface area contributed by atoms with Crippen molar-refractivity contribution >= 4 is 71.2 Å². The lowest BCUT2D eigenvalue weighted by Gasteiger charge is -2.26. The largest absolute Gasteiger partial charge is 0.310 e. The minimum atomic E-state index is 1.11. The van der Waals surface area contributed by atoms with E-state index in [2.05, 4.69) is 228 Å². The first-order valence-corrected chi connectivity index (χ1v) is 19.3. The van der Waals surface area contributed by atoms with Crippen LogP contribution in [-0.4, -0.2) is 4.57 Å². The molecule has 0 saturated heterocycles. The minimum Gasteiger partial charge on any atom is -0.310 e. The van der Waals surface area contributed by atoms with Gasteiger partial charge in [0.25, 0.3) is 0 Å². The molecule has 1 heterocycles. The predicted octanol–water partition coefficient (Wildman–Crippen LogP) is 15.0. The van der Waals surface area contributed by atoms with E-state index in [1.807, 2.05) is 0 Å². The molecule has 11 aromatic rings. The summed E-state index contributed by atoms with van der Waals surface area (Å²) < 4.78 is 2.44. The van der Waals surface area contributed by atoms with Crippen LogP contribution in [-0.2, 0) is 0 Å². The second-order valence-electron chi connectivity index (χ2n) is 14.6. The summed E-state index contributed by atoms with van der Waals surface area (Å²) in [7, 11) is 0. The van der Waals surface area contributed by atoms with Crippen molar-refractivity contribution in [2.45, 2.75) is 0 Å². The van der Waals surface area contributed by atoms with Crippen molar-refractivity contribution in [3.8, 4) is 27.9 Å². The van der Waals surface area contributed by atoms with Gasteiger partial charge in [0.05, 0.1) is 11.0 Å². The summed E-state index contributed by atoms with van der Waals surface area (Å²) in [5.41, 5.74) is 11.8. The van der Waals surface area contributed by atoms with Crippen molar-refractivity contribution in [1.29, 1.82) is 0 Å². The average molecular weight is 713 g/mol. The summed E-state index contributed by atoms with van der Waals surface area (Å²) in [4.78, 5) is 2.37. The Morgan fingerprint density at radius 2 is 0.804 bits per heavy atom. The molecule has 0 spiro atoms. The maximum absolute atomic E-state index is 2.44. The van der Waals surface area contributed by atoms with E-state index in [9.17, 15) is 0 Å². The third-order valence-corrected chi connectivity index (χ3v) is 11.3. The third kappa shape index (κ3) is 5.42. The Hall–Kier alpha value is -7.42. The quantitative estimate of drug-likeness (QED) is 0.167. The molecule has 0 radical (unpaired) electrons. The summed E-state index contributed by atoms with van der Waals surface area (Å²) in [6, 6.07) is 79.5. The first-order valence-electron chi connectivity index (χ1n) is 19.3.